The van der Waals surface area contributed by atoms with E-state index < -0.39 is 23.4 Å². The van der Waals surface area contributed by atoms with Crippen LogP contribution >= 0.6 is 11.6 Å². The van der Waals surface area contributed by atoms with E-state index >= 15 is 0 Å². The lowest BCUT2D eigenvalue weighted by molar-refractivity contribution is -0.136. The minimum atomic E-state index is -0.886. The number of Topliss-reactive ketones (excluding diaryl/α,β-unsaturated/α-hetero) is 1. The molecule has 0 saturated heterocycles. The van der Waals surface area contributed by atoms with Gasteiger partial charge in [-0.2, -0.15) is 0 Å². The molecular formula is C16H16ClNO5. The number of hydrogen-bond acceptors (Lipinski definition) is 6. The summed E-state index contributed by atoms with van der Waals surface area (Å²) >= 11 is 6.00. The SMILES string of the molecule is CCOC(=O)C(=N/C(=C(/Cl)C(=O)OC)c1ccccc1)C(C)=O. The number of carbonyl (C=O) groups excluding carboxylic acids is 3. The van der Waals surface area contributed by atoms with E-state index in [1.165, 1.54) is 6.92 Å². The summed E-state index contributed by atoms with van der Waals surface area (Å²) in [6.45, 7) is 2.86. The zero-order valence-corrected chi connectivity index (χ0v) is 13.7. The number of nitrogens with zero attached hydrogens (tertiary/aromatic N) is 1. The summed E-state index contributed by atoms with van der Waals surface area (Å²) in [7, 11) is 1.16. The fraction of sp³-hybridized carbons (Fsp3) is 0.250. The van der Waals surface area contributed by atoms with Crippen molar-refractivity contribution in [1.82, 2.24) is 0 Å². The van der Waals surface area contributed by atoms with E-state index in [4.69, 9.17) is 16.3 Å². The highest BCUT2D eigenvalue weighted by Gasteiger charge is 2.22. The third kappa shape index (κ3) is 5.03. The Morgan fingerprint density at radius 2 is 1.74 bits per heavy atom. The van der Waals surface area contributed by atoms with Gasteiger partial charge >= 0.3 is 11.9 Å². The van der Waals surface area contributed by atoms with Crippen LogP contribution in [-0.4, -0.2) is 37.2 Å². The van der Waals surface area contributed by atoms with Crippen LogP contribution in [0.2, 0.25) is 0 Å². The van der Waals surface area contributed by atoms with E-state index in [9.17, 15) is 14.4 Å². The molecule has 0 saturated carbocycles. The van der Waals surface area contributed by atoms with Gasteiger partial charge in [-0.25, -0.2) is 14.6 Å². The van der Waals surface area contributed by atoms with Crippen molar-refractivity contribution in [3.05, 3.63) is 40.9 Å². The molecule has 1 aromatic rings. The van der Waals surface area contributed by atoms with Gasteiger partial charge in [0, 0.05) is 12.5 Å². The van der Waals surface area contributed by atoms with Crippen LogP contribution in [0, 0.1) is 0 Å². The predicted molar refractivity (Wildman–Crippen MR) is 86.0 cm³/mol. The molecule has 23 heavy (non-hydrogen) atoms. The Bertz CT molecular complexity index is 664. The van der Waals surface area contributed by atoms with Crippen LogP contribution in [0.15, 0.2) is 40.4 Å². The monoisotopic (exact) mass is 337 g/mol. The number of rotatable bonds is 6. The van der Waals surface area contributed by atoms with Crippen molar-refractivity contribution >= 4 is 40.7 Å². The minimum Gasteiger partial charge on any atom is -0.465 e. The predicted octanol–water partition coefficient (Wildman–Crippen LogP) is 2.36. The average molecular weight is 338 g/mol. The molecular weight excluding hydrogens is 322 g/mol. The van der Waals surface area contributed by atoms with Gasteiger partial charge in [0.2, 0.25) is 0 Å². The molecule has 1 rings (SSSR count). The van der Waals surface area contributed by atoms with Crippen molar-refractivity contribution in [2.24, 2.45) is 4.99 Å². The number of methoxy groups -OCH3 is 1. The van der Waals surface area contributed by atoms with Crippen molar-refractivity contribution in [2.75, 3.05) is 13.7 Å². The molecule has 6 nitrogen and oxygen atoms in total. The topological polar surface area (TPSA) is 82.0 Å². The van der Waals surface area contributed by atoms with Crippen molar-refractivity contribution in [3.63, 3.8) is 0 Å². The van der Waals surface area contributed by atoms with Gasteiger partial charge in [-0.1, -0.05) is 41.9 Å². The van der Waals surface area contributed by atoms with Crippen molar-refractivity contribution in [1.29, 1.82) is 0 Å². The highest BCUT2D eigenvalue weighted by atomic mass is 35.5. The van der Waals surface area contributed by atoms with E-state index in [0.29, 0.717) is 5.56 Å². The largest absolute Gasteiger partial charge is 0.465 e. The molecule has 0 spiro atoms. The molecule has 7 heteroatoms. The van der Waals surface area contributed by atoms with Gasteiger partial charge in [-0.3, -0.25) is 4.79 Å². The Labute approximate surface area is 138 Å². The normalized spacial score (nSPS) is 12.3. The molecule has 0 N–H and O–H groups in total. The molecule has 0 atom stereocenters. The van der Waals surface area contributed by atoms with Crippen LogP contribution in [0.25, 0.3) is 5.70 Å². The summed E-state index contributed by atoms with van der Waals surface area (Å²) < 4.78 is 9.36. The van der Waals surface area contributed by atoms with Gasteiger partial charge in [0.15, 0.2) is 16.5 Å². The number of ketones is 1. The highest BCUT2D eigenvalue weighted by Crippen LogP contribution is 2.24. The molecule has 0 aliphatic heterocycles. The third-order valence-electron chi connectivity index (χ3n) is 2.65. The molecule has 1 aromatic carbocycles. The quantitative estimate of drug-likeness (QED) is 0.344. The first-order chi connectivity index (χ1) is 10.9. The van der Waals surface area contributed by atoms with Crippen LogP contribution in [0.3, 0.4) is 0 Å². The van der Waals surface area contributed by atoms with Crippen LogP contribution in [0.4, 0.5) is 0 Å². The molecule has 0 amide bonds. The number of carbonyl (C=O) groups is 3. The second-order valence-electron chi connectivity index (χ2n) is 4.26. The van der Waals surface area contributed by atoms with E-state index in [2.05, 4.69) is 9.73 Å². The standard InChI is InChI=1S/C16H16ClNO5/c1-4-23-16(21)13(10(2)19)18-14(12(17)15(20)22-3)11-8-6-5-7-9-11/h5-9H,4H2,1-3H3/b14-12+,18-13?. The first kappa shape index (κ1) is 18.6. The third-order valence-corrected chi connectivity index (χ3v) is 2.98. The maximum atomic E-state index is 11.9. The van der Waals surface area contributed by atoms with E-state index in [-0.39, 0.29) is 17.3 Å². The first-order valence-electron chi connectivity index (χ1n) is 6.72. The lowest BCUT2D eigenvalue weighted by Crippen LogP contribution is -2.24. The van der Waals surface area contributed by atoms with Gasteiger partial charge in [-0.05, 0) is 6.92 Å². The fourth-order valence-electron chi connectivity index (χ4n) is 1.60. The minimum absolute atomic E-state index is 0.0441. The second-order valence-corrected chi connectivity index (χ2v) is 4.64. The molecule has 0 bridgehead atoms. The summed E-state index contributed by atoms with van der Waals surface area (Å²) in [5.74, 6) is -2.32. The molecule has 0 aromatic heterocycles. The van der Waals surface area contributed by atoms with E-state index in [0.717, 1.165) is 7.11 Å². The number of ether oxygens (including phenoxy) is 2. The maximum absolute atomic E-state index is 11.9. The Morgan fingerprint density at radius 3 is 2.22 bits per heavy atom. The number of hydrogen-bond donors (Lipinski definition) is 0. The maximum Gasteiger partial charge on any atom is 0.360 e. The number of halogens is 1. The van der Waals surface area contributed by atoms with Crippen LogP contribution in [0.5, 0.6) is 0 Å². The zero-order chi connectivity index (χ0) is 17.4. The van der Waals surface area contributed by atoms with Crippen LogP contribution in [-0.2, 0) is 23.9 Å². The fourth-order valence-corrected chi connectivity index (χ4v) is 1.83. The van der Waals surface area contributed by atoms with Crippen LogP contribution in [0.1, 0.15) is 19.4 Å². The van der Waals surface area contributed by atoms with Crippen molar-refractivity contribution in [2.45, 2.75) is 13.8 Å². The zero-order valence-electron chi connectivity index (χ0n) is 13.0. The van der Waals surface area contributed by atoms with Gasteiger partial charge in [0.1, 0.15) is 0 Å². The van der Waals surface area contributed by atoms with E-state index in [1.54, 1.807) is 37.3 Å². The number of esters is 2. The molecule has 0 aliphatic rings. The van der Waals surface area contributed by atoms with Gasteiger partial charge in [-0.15, -0.1) is 0 Å². The molecule has 0 fully saturated rings. The van der Waals surface area contributed by atoms with Gasteiger partial charge in [0.25, 0.3) is 0 Å². The van der Waals surface area contributed by atoms with Crippen molar-refractivity contribution < 1.29 is 23.9 Å². The first-order valence-corrected chi connectivity index (χ1v) is 7.10. The Kier molecular flexibility index (Phi) is 7.15. The number of aliphatic imine (C=N–C) groups is 1. The highest BCUT2D eigenvalue weighted by molar-refractivity contribution is 6.64. The summed E-state index contributed by atoms with van der Waals surface area (Å²) in [5, 5.41) is -0.346. The molecule has 0 unspecified atom stereocenters. The average Bonchev–Trinajstić information content (AvgIpc) is 2.55. The van der Waals surface area contributed by atoms with Gasteiger partial charge < -0.3 is 9.47 Å². The smallest absolute Gasteiger partial charge is 0.360 e. The van der Waals surface area contributed by atoms with Crippen LogP contribution < -0.4 is 0 Å². The van der Waals surface area contributed by atoms with Crippen molar-refractivity contribution in [3.8, 4) is 0 Å². The Morgan fingerprint density at radius 1 is 1.13 bits per heavy atom. The lowest BCUT2D eigenvalue weighted by atomic mass is 10.1. The Balaban J connectivity index is 3.51. The Hall–Kier alpha value is -2.47. The summed E-state index contributed by atoms with van der Waals surface area (Å²) in [6, 6.07) is 8.42. The molecule has 0 heterocycles. The lowest BCUT2D eigenvalue weighted by Gasteiger charge is -2.08. The summed E-state index contributed by atoms with van der Waals surface area (Å²) in [4.78, 5) is 39.2. The number of benzene rings is 1. The molecule has 122 valence electrons. The summed E-state index contributed by atoms with van der Waals surface area (Å²) in [5.41, 5.74) is -0.0453. The summed E-state index contributed by atoms with van der Waals surface area (Å²) in [6.07, 6.45) is 0. The second kappa shape index (κ2) is 8.85. The van der Waals surface area contributed by atoms with E-state index in [1.807, 2.05) is 0 Å². The van der Waals surface area contributed by atoms with Gasteiger partial charge in [0.05, 0.1) is 19.4 Å². The molecule has 0 radical (unpaired) electrons. The molecule has 0 aliphatic carbocycles.